The molecular weight excluding hydrogens is 491 g/mol. The molecule has 1 aromatic rings. The van der Waals surface area contributed by atoms with E-state index < -0.39 is 56.2 Å². The summed E-state index contributed by atoms with van der Waals surface area (Å²) in [5, 5.41) is 19.0. The van der Waals surface area contributed by atoms with Crippen molar-refractivity contribution >= 4 is 13.8 Å². The van der Waals surface area contributed by atoms with Crippen LogP contribution in [0.15, 0.2) is 28.4 Å². The Labute approximate surface area is 201 Å². The fourth-order valence-corrected chi connectivity index (χ4v) is 3.10. The number of aromatic amines is 1. The summed E-state index contributed by atoms with van der Waals surface area (Å²) in [6.45, 7) is 7.07. The molecule has 1 saturated heterocycles. The summed E-state index contributed by atoms with van der Waals surface area (Å²) >= 11 is 0. The summed E-state index contributed by atoms with van der Waals surface area (Å²) < 4.78 is 31.1. The van der Waals surface area contributed by atoms with Gasteiger partial charge < -0.3 is 34.2 Å². The molecule has 35 heavy (non-hydrogen) atoms. The summed E-state index contributed by atoms with van der Waals surface area (Å²) in [4.78, 5) is 52.9. The molecule has 5 N–H and O–H groups in total. The van der Waals surface area contributed by atoms with E-state index in [1.54, 1.807) is 0 Å². The molecule has 0 aliphatic carbocycles. The SMILES string of the molecule is C=CC(=O)OCC(O)COCCCC.Cc1cn([C@H]2C[C@H](O)[C@@H](COP(=O)(O)O)O2)c(=O)[nH]c1=O. The Morgan fingerprint density at radius 3 is 2.69 bits per heavy atom. The smallest absolute Gasteiger partial charge is 0.460 e. The van der Waals surface area contributed by atoms with Gasteiger partial charge in [-0.05, 0) is 13.3 Å². The molecule has 2 heterocycles. The van der Waals surface area contributed by atoms with Gasteiger partial charge in [-0.1, -0.05) is 19.9 Å². The van der Waals surface area contributed by atoms with Crippen molar-refractivity contribution in [3.8, 4) is 0 Å². The monoisotopic (exact) mass is 524 g/mol. The predicted molar refractivity (Wildman–Crippen MR) is 121 cm³/mol. The Kier molecular flexibility index (Phi) is 13.3. The van der Waals surface area contributed by atoms with E-state index in [4.69, 9.17) is 19.3 Å². The molecule has 2 rings (SSSR count). The summed E-state index contributed by atoms with van der Waals surface area (Å²) in [7, 11) is -4.67. The molecule has 200 valence electrons. The number of hydrogen-bond donors (Lipinski definition) is 5. The highest BCUT2D eigenvalue weighted by Crippen LogP contribution is 2.38. The number of unbranched alkanes of at least 4 members (excludes halogenated alkanes) is 1. The normalized spacial score (nSPS) is 20.6. The third-order valence-corrected chi connectivity index (χ3v) is 5.09. The maximum atomic E-state index is 11.7. The van der Waals surface area contributed by atoms with Crippen molar-refractivity contribution in [2.45, 2.75) is 57.6 Å². The number of rotatable bonds is 12. The summed E-state index contributed by atoms with van der Waals surface area (Å²) in [6.07, 6.45) is 0.767. The molecule has 1 aliphatic rings. The number of phosphoric ester groups is 1. The van der Waals surface area contributed by atoms with Gasteiger partial charge in [-0.3, -0.25) is 18.9 Å². The molecule has 1 unspecified atom stereocenters. The van der Waals surface area contributed by atoms with Gasteiger partial charge in [0.05, 0.1) is 19.3 Å². The quantitative estimate of drug-likeness (QED) is 0.101. The summed E-state index contributed by atoms with van der Waals surface area (Å²) in [6, 6.07) is 0. The number of phosphoric acid groups is 1. The number of ether oxygens (including phenoxy) is 3. The number of nitrogens with zero attached hydrogens (tertiary/aromatic N) is 1. The number of H-pyrrole nitrogens is 1. The van der Waals surface area contributed by atoms with E-state index in [0.29, 0.717) is 12.2 Å². The average Bonchev–Trinajstić information content (AvgIpc) is 3.16. The summed E-state index contributed by atoms with van der Waals surface area (Å²) in [5.41, 5.74) is -0.918. The first kappa shape index (κ1) is 30.9. The van der Waals surface area contributed by atoms with Crippen LogP contribution in [0, 0.1) is 6.92 Å². The topological polar surface area (TPSA) is 207 Å². The predicted octanol–water partition coefficient (Wildman–Crippen LogP) is -0.504. The largest absolute Gasteiger partial charge is 0.469 e. The van der Waals surface area contributed by atoms with E-state index in [1.807, 2.05) is 0 Å². The Hall–Kier alpha value is -2.16. The molecule has 0 radical (unpaired) electrons. The maximum Gasteiger partial charge on any atom is 0.469 e. The van der Waals surface area contributed by atoms with Crippen LogP contribution in [0.2, 0.25) is 0 Å². The number of nitrogens with one attached hydrogen (secondary N) is 1. The first-order chi connectivity index (χ1) is 16.4. The van der Waals surface area contributed by atoms with Crippen LogP contribution < -0.4 is 11.2 Å². The average molecular weight is 524 g/mol. The molecule has 0 amide bonds. The van der Waals surface area contributed by atoms with Crippen LogP contribution in [-0.4, -0.2) is 80.3 Å². The highest BCUT2D eigenvalue weighted by atomic mass is 31.2. The molecule has 14 nitrogen and oxygen atoms in total. The molecule has 4 atom stereocenters. The number of carbonyl (C=O) groups excluding carboxylic acids is 1. The number of carbonyl (C=O) groups is 1. The number of esters is 1. The molecule has 1 aromatic heterocycles. The first-order valence-corrected chi connectivity index (χ1v) is 12.3. The minimum absolute atomic E-state index is 0.0283. The zero-order valence-electron chi connectivity index (χ0n) is 19.6. The molecule has 1 fully saturated rings. The van der Waals surface area contributed by atoms with Gasteiger partial charge in [0.1, 0.15) is 25.0 Å². The van der Waals surface area contributed by atoms with Crippen LogP contribution in [0.5, 0.6) is 0 Å². The lowest BCUT2D eigenvalue weighted by atomic mass is 10.2. The minimum atomic E-state index is -4.67. The van der Waals surface area contributed by atoms with Crippen LogP contribution in [0.3, 0.4) is 0 Å². The van der Waals surface area contributed by atoms with Crippen molar-refractivity contribution in [3.05, 3.63) is 45.3 Å². The number of aliphatic hydroxyl groups excluding tert-OH is 2. The van der Waals surface area contributed by atoms with Crippen molar-refractivity contribution in [2.24, 2.45) is 0 Å². The number of aromatic nitrogens is 2. The van der Waals surface area contributed by atoms with Gasteiger partial charge in [-0.2, -0.15) is 0 Å². The lowest BCUT2D eigenvalue weighted by Crippen LogP contribution is -2.33. The van der Waals surface area contributed by atoms with Gasteiger partial charge in [-0.15, -0.1) is 0 Å². The fourth-order valence-electron chi connectivity index (χ4n) is 2.76. The van der Waals surface area contributed by atoms with E-state index in [-0.39, 0.29) is 19.6 Å². The van der Waals surface area contributed by atoms with Gasteiger partial charge in [-0.25, -0.2) is 14.2 Å². The van der Waals surface area contributed by atoms with E-state index in [9.17, 15) is 29.2 Å². The Morgan fingerprint density at radius 1 is 1.40 bits per heavy atom. The first-order valence-electron chi connectivity index (χ1n) is 10.8. The lowest BCUT2D eigenvalue weighted by Gasteiger charge is -2.16. The van der Waals surface area contributed by atoms with E-state index in [1.165, 1.54) is 13.1 Å². The second-order valence-corrected chi connectivity index (χ2v) is 8.85. The third-order valence-electron chi connectivity index (χ3n) is 4.60. The fraction of sp³-hybridized carbons (Fsp3) is 0.650. The number of hydrogen-bond acceptors (Lipinski definition) is 10. The van der Waals surface area contributed by atoms with Crippen LogP contribution in [-0.2, 0) is 28.1 Å². The zero-order chi connectivity index (χ0) is 26.6. The van der Waals surface area contributed by atoms with Gasteiger partial charge >= 0.3 is 19.5 Å². The number of aliphatic hydroxyl groups is 2. The van der Waals surface area contributed by atoms with Gasteiger partial charge in [0.15, 0.2) is 0 Å². The van der Waals surface area contributed by atoms with E-state index in [2.05, 4.69) is 27.7 Å². The van der Waals surface area contributed by atoms with Crippen molar-refractivity contribution < 1.29 is 48.1 Å². The molecule has 15 heteroatoms. The highest BCUT2D eigenvalue weighted by molar-refractivity contribution is 7.46. The van der Waals surface area contributed by atoms with Gasteiger partial charge in [0, 0.05) is 30.9 Å². The van der Waals surface area contributed by atoms with Crippen molar-refractivity contribution in [1.29, 1.82) is 0 Å². The van der Waals surface area contributed by atoms with Crippen molar-refractivity contribution in [2.75, 3.05) is 26.4 Å². The molecule has 0 saturated carbocycles. The summed E-state index contributed by atoms with van der Waals surface area (Å²) in [5.74, 6) is -0.530. The molecule has 0 spiro atoms. The minimum Gasteiger partial charge on any atom is -0.460 e. The van der Waals surface area contributed by atoms with Crippen molar-refractivity contribution in [1.82, 2.24) is 9.55 Å². The van der Waals surface area contributed by atoms with E-state index >= 15 is 0 Å². The molecule has 1 aliphatic heterocycles. The second kappa shape index (κ2) is 15.1. The van der Waals surface area contributed by atoms with Gasteiger partial charge in [0.2, 0.25) is 0 Å². The van der Waals surface area contributed by atoms with E-state index in [0.717, 1.165) is 23.5 Å². The number of aryl methyl sites for hydroxylation is 1. The van der Waals surface area contributed by atoms with Crippen LogP contribution in [0.4, 0.5) is 0 Å². The lowest BCUT2D eigenvalue weighted by molar-refractivity contribution is -0.141. The third kappa shape index (κ3) is 11.9. The van der Waals surface area contributed by atoms with Crippen molar-refractivity contribution in [3.63, 3.8) is 0 Å². The highest BCUT2D eigenvalue weighted by Gasteiger charge is 2.37. The molecule has 0 bridgehead atoms. The zero-order valence-corrected chi connectivity index (χ0v) is 20.5. The van der Waals surface area contributed by atoms with Gasteiger partial charge in [0.25, 0.3) is 5.56 Å². The Balaban J connectivity index is 0.000000383. The molecule has 0 aromatic carbocycles. The Bertz CT molecular complexity index is 972. The van der Waals surface area contributed by atoms with Crippen LogP contribution in [0.1, 0.15) is 38.0 Å². The Morgan fingerprint density at radius 2 is 2.09 bits per heavy atom. The second-order valence-electron chi connectivity index (χ2n) is 7.61. The molecular formula is C20H33N2O12P. The standard InChI is InChI=1S/C10H15N2O8P.C10H18O4/c1-5-3-12(10(15)11-9(5)14)8-2-6(13)7(20-8)4-19-21(16,17)18;1-3-5-6-13-7-9(11)8-14-10(12)4-2/h3,6-8,13H,2,4H2,1H3,(H,11,14,15)(H2,16,17,18);4,9,11H,2-3,5-8H2,1H3/t6-,7+,8+;/m0./s1. The van der Waals surface area contributed by atoms with Crippen LogP contribution in [0.25, 0.3) is 0 Å². The van der Waals surface area contributed by atoms with Crippen LogP contribution >= 0.6 is 7.82 Å². The maximum absolute atomic E-state index is 11.7.